The Morgan fingerprint density at radius 2 is 1.77 bits per heavy atom. The second-order valence-electron chi connectivity index (χ2n) is 5.09. The molecule has 3 aromatic rings. The quantitative estimate of drug-likeness (QED) is 0.707. The van der Waals surface area contributed by atoms with Gasteiger partial charge >= 0.3 is 0 Å². The van der Waals surface area contributed by atoms with Crippen molar-refractivity contribution in [1.29, 1.82) is 0 Å². The largest absolute Gasteiger partial charge is 0.484 e. The Balaban J connectivity index is 1.73. The van der Waals surface area contributed by atoms with Gasteiger partial charge in [0.25, 0.3) is 5.89 Å². The van der Waals surface area contributed by atoms with Crippen molar-refractivity contribution in [3.05, 3.63) is 64.5 Å². The third-order valence-corrected chi connectivity index (χ3v) is 3.46. The molecule has 5 heteroatoms. The molecule has 0 atom stereocenters. The Labute approximate surface area is 133 Å². The summed E-state index contributed by atoms with van der Waals surface area (Å²) in [6.45, 7) is 4.28. The average molecular weight is 315 g/mol. The van der Waals surface area contributed by atoms with Gasteiger partial charge in [0.15, 0.2) is 6.61 Å². The molecule has 1 heterocycles. The molecule has 3 rings (SSSR count). The van der Waals surface area contributed by atoms with Crippen LogP contribution in [0, 0.1) is 13.8 Å². The van der Waals surface area contributed by atoms with Crippen molar-refractivity contribution in [3.63, 3.8) is 0 Å². The molecule has 1 aromatic heterocycles. The van der Waals surface area contributed by atoms with E-state index in [1.165, 1.54) is 0 Å². The summed E-state index contributed by atoms with van der Waals surface area (Å²) >= 11 is 6.12. The summed E-state index contributed by atoms with van der Waals surface area (Å²) in [5.41, 5.74) is 3.02. The summed E-state index contributed by atoms with van der Waals surface area (Å²) in [5.74, 6) is 1.59. The molecule has 22 heavy (non-hydrogen) atoms. The summed E-state index contributed by atoms with van der Waals surface area (Å²) in [6, 6.07) is 13.4. The van der Waals surface area contributed by atoms with Gasteiger partial charge in [-0.1, -0.05) is 29.8 Å². The van der Waals surface area contributed by atoms with E-state index in [1.807, 2.05) is 44.2 Å². The van der Waals surface area contributed by atoms with Gasteiger partial charge in [0.05, 0.1) is 10.6 Å². The number of aromatic nitrogens is 2. The van der Waals surface area contributed by atoms with E-state index >= 15 is 0 Å². The van der Waals surface area contributed by atoms with Crippen molar-refractivity contribution in [2.24, 2.45) is 0 Å². The molecule has 0 aliphatic heterocycles. The van der Waals surface area contributed by atoms with E-state index in [1.54, 1.807) is 6.07 Å². The van der Waals surface area contributed by atoms with Crippen LogP contribution in [0.15, 0.2) is 46.9 Å². The van der Waals surface area contributed by atoms with Crippen LogP contribution in [0.1, 0.15) is 17.0 Å². The van der Waals surface area contributed by atoms with E-state index in [2.05, 4.69) is 16.3 Å². The summed E-state index contributed by atoms with van der Waals surface area (Å²) in [7, 11) is 0. The Morgan fingerprint density at radius 3 is 2.50 bits per heavy atom. The van der Waals surface area contributed by atoms with Gasteiger partial charge in [-0.3, -0.25) is 0 Å². The molecule has 0 amide bonds. The van der Waals surface area contributed by atoms with Crippen molar-refractivity contribution in [2.45, 2.75) is 20.5 Å². The normalized spacial score (nSPS) is 10.7. The van der Waals surface area contributed by atoms with E-state index in [0.29, 0.717) is 22.4 Å². The minimum Gasteiger partial charge on any atom is -0.484 e. The van der Waals surface area contributed by atoms with Crippen LogP contribution in [0.4, 0.5) is 0 Å². The Bertz CT molecular complexity index is 779. The van der Waals surface area contributed by atoms with Gasteiger partial charge < -0.3 is 9.15 Å². The highest BCUT2D eigenvalue weighted by atomic mass is 35.5. The number of aryl methyl sites for hydroxylation is 2. The predicted molar refractivity (Wildman–Crippen MR) is 85.0 cm³/mol. The van der Waals surface area contributed by atoms with Gasteiger partial charge in [0, 0.05) is 0 Å². The number of hydrogen-bond acceptors (Lipinski definition) is 4. The number of halogens is 1. The second kappa shape index (κ2) is 6.20. The van der Waals surface area contributed by atoms with Crippen LogP contribution in [0.5, 0.6) is 5.75 Å². The van der Waals surface area contributed by atoms with Gasteiger partial charge in [-0.05, 0) is 49.2 Å². The fourth-order valence-corrected chi connectivity index (χ4v) is 2.43. The molecular formula is C17H15ClN2O2. The zero-order chi connectivity index (χ0) is 15.5. The molecule has 0 bridgehead atoms. The lowest BCUT2D eigenvalue weighted by Crippen LogP contribution is -1.96. The summed E-state index contributed by atoms with van der Waals surface area (Å²) in [4.78, 5) is 0. The SMILES string of the molecule is Cc1cc(C)cc(OCc2nnc(-c3ccccc3Cl)o2)c1. The number of ether oxygens (including phenoxy) is 1. The van der Waals surface area contributed by atoms with Crippen molar-refractivity contribution < 1.29 is 9.15 Å². The summed E-state index contributed by atoms with van der Waals surface area (Å²) < 4.78 is 11.3. The zero-order valence-electron chi connectivity index (χ0n) is 12.3. The van der Waals surface area contributed by atoms with Crippen LogP contribution in [0.3, 0.4) is 0 Å². The van der Waals surface area contributed by atoms with Crippen LogP contribution in [0.25, 0.3) is 11.5 Å². The summed E-state index contributed by atoms with van der Waals surface area (Å²) in [5, 5.41) is 8.58. The van der Waals surface area contributed by atoms with Crippen molar-refractivity contribution in [1.82, 2.24) is 10.2 Å². The van der Waals surface area contributed by atoms with Gasteiger partial charge in [-0.25, -0.2) is 0 Å². The fraction of sp³-hybridized carbons (Fsp3) is 0.176. The third kappa shape index (κ3) is 3.28. The Morgan fingerprint density at radius 1 is 1.05 bits per heavy atom. The van der Waals surface area contributed by atoms with E-state index < -0.39 is 0 Å². The number of benzene rings is 2. The molecule has 112 valence electrons. The molecule has 0 radical (unpaired) electrons. The molecule has 0 aliphatic carbocycles. The molecule has 2 aromatic carbocycles. The maximum Gasteiger partial charge on any atom is 0.254 e. The second-order valence-corrected chi connectivity index (χ2v) is 5.50. The fourth-order valence-electron chi connectivity index (χ4n) is 2.22. The van der Waals surface area contributed by atoms with Crippen LogP contribution in [-0.2, 0) is 6.61 Å². The van der Waals surface area contributed by atoms with E-state index in [-0.39, 0.29) is 6.61 Å². The number of nitrogens with zero attached hydrogens (tertiary/aromatic N) is 2. The highest BCUT2D eigenvalue weighted by Gasteiger charge is 2.11. The smallest absolute Gasteiger partial charge is 0.254 e. The molecule has 0 fully saturated rings. The minimum absolute atomic E-state index is 0.223. The lowest BCUT2D eigenvalue weighted by atomic mass is 10.1. The van der Waals surface area contributed by atoms with Gasteiger partial charge in [-0.2, -0.15) is 0 Å². The molecule has 0 N–H and O–H groups in total. The topological polar surface area (TPSA) is 48.2 Å². The first-order valence-electron chi connectivity index (χ1n) is 6.90. The lowest BCUT2D eigenvalue weighted by molar-refractivity contribution is 0.264. The van der Waals surface area contributed by atoms with Gasteiger partial charge in [-0.15, -0.1) is 10.2 Å². The first-order valence-corrected chi connectivity index (χ1v) is 7.28. The van der Waals surface area contributed by atoms with Crippen LogP contribution in [0.2, 0.25) is 5.02 Å². The highest BCUT2D eigenvalue weighted by Crippen LogP contribution is 2.26. The van der Waals surface area contributed by atoms with Crippen molar-refractivity contribution >= 4 is 11.6 Å². The first-order chi connectivity index (χ1) is 10.6. The molecule has 0 unspecified atom stereocenters. The third-order valence-electron chi connectivity index (χ3n) is 3.13. The molecule has 0 aliphatic rings. The zero-order valence-corrected chi connectivity index (χ0v) is 13.1. The maximum atomic E-state index is 6.12. The number of rotatable bonds is 4. The molecule has 4 nitrogen and oxygen atoms in total. The molecule has 0 spiro atoms. The van der Waals surface area contributed by atoms with Crippen LogP contribution in [-0.4, -0.2) is 10.2 Å². The molecule has 0 saturated carbocycles. The van der Waals surface area contributed by atoms with E-state index in [4.69, 9.17) is 20.8 Å². The lowest BCUT2D eigenvalue weighted by Gasteiger charge is -2.05. The van der Waals surface area contributed by atoms with E-state index in [9.17, 15) is 0 Å². The highest BCUT2D eigenvalue weighted by molar-refractivity contribution is 6.33. The Hall–Kier alpha value is -2.33. The minimum atomic E-state index is 0.223. The predicted octanol–water partition coefficient (Wildman–Crippen LogP) is 4.59. The Kier molecular flexibility index (Phi) is 4.11. The van der Waals surface area contributed by atoms with Crippen LogP contribution >= 0.6 is 11.6 Å². The first kappa shape index (κ1) is 14.6. The van der Waals surface area contributed by atoms with Crippen LogP contribution < -0.4 is 4.74 Å². The molecule has 0 saturated heterocycles. The standard InChI is InChI=1S/C17H15ClN2O2/c1-11-7-12(2)9-13(8-11)21-10-16-19-20-17(22-16)14-5-3-4-6-15(14)18/h3-9H,10H2,1-2H3. The van der Waals surface area contributed by atoms with E-state index in [0.717, 1.165) is 16.9 Å². The monoisotopic (exact) mass is 314 g/mol. The number of hydrogen-bond donors (Lipinski definition) is 0. The van der Waals surface area contributed by atoms with Crippen molar-refractivity contribution in [2.75, 3.05) is 0 Å². The van der Waals surface area contributed by atoms with Gasteiger partial charge in [0.2, 0.25) is 5.89 Å². The van der Waals surface area contributed by atoms with Gasteiger partial charge in [0.1, 0.15) is 5.75 Å². The van der Waals surface area contributed by atoms with Crippen molar-refractivity contribution in [3.8, 4) is 17.2 Å². The summed E-state index contributed by atoms with van der Waals surface area (Å²) in [6.07, 6.45) is 0. The molecular weight excluding hydrogens is 300 g/mol. The average Bonchev–Trinajstić information content (AvgIpc) is 2.93. The maximum absolute atomic E-state index is 6.12.